The van der Waals surface area contributed by atoms with Gasteiger partial charge in [-0.25, -0.2) is 0 Å². The van der Waals surface area contributed by atoms with Crippen molar-refractivity contribution < 1.29 is 4.79 Å². The Kier molecular flexibility index (Phi) is 7.95. The van der Waals surface area contributed by atoms with E-state index in [1.54, 1.807) is 6.92 Å². The number of hydrogen-bond donors (Lipinski definition) is 0. The van der Waals surface area contributed by atoms with E-state index >= 15 is 0 Å². The molecule has 5 heteroatoms. The third kappa shape index (κ3) is 5.47. The van der Waals surface area contributed by atoms with Gasteiger partial charge in [-0.2, -0.15) is 0 Å². The normalized spacial score (nSPS) is 15.3. The lowest BCUT2D eigenvalue weighted by Gasteiger charge is -2.38. The van der Waals surface area contributed by atoms with Gasteiger partial charge < -0.3 is 9.80 Å². The minimum Gasteiger partial charge on any atom is -0.310 e. The summed E-state index contributed by atoms with van der Waals surface area (Å²) in [5, 5.41) is 0.697. The van der Waals surface area contributed by atoms with E-state index in [1.165, 1.54) is 5.56 Å². The average molecular weight is 393 g/mol. The average Bonchev–Trinajstić information content (AvgIpc) is 2.63. The van der Waals surface area contributed by atoms with E-state index in [0.29, 0.717) is 5.02 Å². The Labute approximate surface area is 167 Å². The van der Waals surface area contributed by atoms with E-state index in [4.69, 9.17) is 11.6 Å². The molecular weight excluding hydrogens is 367 g/mol. The lowest BCUT2D eigenvalue weighted by atomic mass is 10.0. The van der Waals surface area contributed by atoms with Gasteiger partial charge in [-0.15, -0.1) is 12.4 Å². The first kappa shape index (κ1) is 20.8. The molecule has 0 aliphatic carbocycles. The second-order valence-electron chi connectivity index (χ2n) is 6.67. The number of hydrogen-bond acceptors (Lipinski definition) is 2. The molecule has 0 aromatic heterocycles. The highest BCUT2D eigenvalue weighted by atomic mass is 35.5. The van der Waals surface area contributed by atoms with Crippen molar-refractivity contribution in [2.75, 3.05) is 24.5 Å². The molecule has 1 aliphatic rings. The van der Waals surface area contributed by atoms with Crippen LogP contribution < -0.4 is 4.90 Å². The van der Waals surface area contributed by atoms with Crippen LogP contribution in [0.25, 0.3) is 0 Å². The van der Waals surface area contributed by atoms with Crippen molar-refractivity contribution in [1.29, 1.82) is 0 Å². The number of carbonyl (C=O) groups is 1. The number of piperidine rings is 1. The molecule has 0 N–H and O–H groups in total. The van der Waals surface area contributed by atoms with Crippen LogP contribution in [0.4, 0.5) is 5.69 Å². The van der Waals surface area contributed by atoms with Crippen LogP contribution in [0.2, 0.25) is 5.02 Å². The molecule has 0 radical (unpaired) electrons. The van der Waals surface area contributed by atoms with Crippen LogP contribution in [0.3, 0.4) is 0 Å². The fourth-order valence-electron chi connectivity index (χ4n) is 3.58. The molecule has 2 aromatic rings. The molecule has 0 unspecified atom stereocenters. The maximum atomic E-state index is 12.2. The molecule has 3 rings (SSSR count). The number of benzene rings is 2. The van der Waals surface area contributed by atoms with Crippen molar-refractivity contribution in [1.82, 2.24) is 4.90 Å². The number of rotatable bonds is 5. The zero-order chi connectivity index (χ0) is 17.6. The van der Waals surface area contributed by atoms with Gasteiger partial charge in [0.15, 0.2) is 0 Å². The molecule has 1 amide bonds. The van der Waals surface area contributed by atoms with Crippen molar-refractivity contribution in [3.63, 3.8) is 0 Å². The topological polar surface area (TPSA) is 23.6 Å². The van der Waals surface area contributed by atoms with Gasteiger partial charge in [0.1, 0.15) is 0 Å². The SMILES string of the molecule is CC(=O)N(c1ccc(Cl)cc1)C1CCN(CCc2ccccc2)CC1.Cl. The zero-order valence-electron chi connectivity index (χ0n) is 15.1. The summed E-state index contributed by atoms with van der Waals surface area (Å²) in [7, 11) is 0. The number of nitrogens with zero attached hydrogens (tertiary/aromatic N) is 2. The molecule has 1 saturated heterocycles. The minimum atomic E-state index is 0. The third-order valence-corrected chi connectivity index (χ3v) is 5.18. The summed E-state index contributed by atoms with van der Waals surface area (Å²) in [4.78, 5) is 16.6. The molecule has 3 nitrogen and oxygen atoms in total. The van der Waals surface area contributed by atoms with Crippen molar-refractivity contribution in [3.8, 4) is 0 Å². The zero-order valence-corrected chi connectivity index (χ0v) is 16.7. The molecule has 0 bridgehead atoms. The fourth-order valence-corrected chi connectivity index (χ4v) is 3.71. The number of anilines is 1. The molecule has 140 valence electrons. The van der Waals surface area contributed by atoms with Crippen molar-refractivity contribution in [2.45, 2.75) is 32.2 Å². The number of likely N-dealkylation sites (tertiary alicyclic amines) is 1. The van der Waals surface area contributed by atoms with Gasteiger partial charge in [-0.3, -0.25) is 4.79 Å². The highest BCUT2D eigenvalue weighted by Crippen LogP contribution is 2.25. The first-order chi connectivity index (χ1) is 12.1. The Bertz CT molecular complexity index is 683. The largest absolute Gasteiger partial charge is 0.310 e. The van der Waals surface area contributed by atoms with E-state index in [2.05, 4.69) is 35.2 Å². The molecule has 1 heterocycles. The monoisotopic (exact) mass is 392 g/mol. The summed E-state index contributed by atoms with van der Waals surface area (Å²) in [5.41, 5.74) is 2.33. The van der Waals surface area contributed by atoms with Gasteiger partial charge in [-0.05, 0) is 49.1 Å². The predicted molar refractivity (Wildman–Crippen MR) is 111 cm³/mol. The van der Waals surface area contributed by atoms with Gasteiger partial charge in [0.05, 0.1) is 0 Å². The van der Waals surface area contributed by atoms with Crippen LogP contribution in [-0.4, -0.2) is 36.5 Å². The van der Waals surface area contributed by atoms with Crippen molar-refractivity contribution in [3.05, 3.63) is 65.2 Å². The fraction of sp³-hybridized carbons (Fsp3) is 0.381. The van der Waals surface area contributed by atoms with Crippen molar-refractivity contribution in [2.24, 2.45) is 0 Å². The minimum absolute atomic E-state index is 0. The van der Waals surface area contributed by atoms with Crippen LogP contribution in [0, 0.1) is 0 Å². The Hall–Kier alpha value is -1.55. The predicted octanol–water partition coefficient (Wildman–Crippen LogP) is 4.82. The van der Waals surface area contributed by atoms with Gasteiger partial charge in [0.2, 0.25) is 5.91 Å². The second-order valence-corrected chi connectivity index (χ2v) is 7.11. The van der Waals surface area contributed by atoms with Gasteiger partial charge >= 0.3 is 0 Å². The van der Waals surface area contributed by atoms with Crippen LogP contribution in [-0.2, 0) is 11.2 Å². The van der Waals surface area contributed by atoms with Gasteiger partial charge in [0, 0.05) is 43.3 Å². The van der Waals surface area contributed by atoms with E-state index in [-0.39, 0.29) is 24.4 Å². The van der Waals surface area contributed by atoms with Crippen LogP contribution in [0.5, 0.6) is 0 Å². The van der Waals surface area contributed by atoms with Crippen molar-refractivity contribution >= 4 is 35.6 Å². The summed E-state index contributed by atoms with van der Waals surface area (Å²) in [6, 6.07) is 18.5. The summed E-state index contributed by atoms with van der Waals surface area (Å²) in [6.07, 6.45) is 3.10. The van der Waals surface area contributed by atoms with E-state index < -0.39 is 0 Å². The molecule has 1 fully saturated rings. The van der Waals surface area contributed by atoms with E-state index in [1.807, 2.05) is 29.2 Å². The quantitative estimate of drug-likeness (QED) is 0.727. The first-order valence-corrected chi connectivity index (χ1v) is 9.33. The molecular formula is C21H26Cl2N2O. The molecule has 2 aromatic carbocycles. The molecule has 0 spiro atoms. The van der Waals surface area contributed by atoms with E-state index in [9.17, 15) is 4.79 Å². The lowest BCUT2D eigenvalue weighted by Crippen LogP contribution is -2.47. The Morgan fingerprint density at radius 3 is 2.27 bits per heavy atom. The Morgan fingerprint density at radius 1 is 1.08 bits per heavy atom. The lowest BCUT2D eigenvalue weighted by molar-refractivity contribution is -0.117. The van der Waals surface area contributed by atoms with Gasteiger partial charge in [-0.1, -0.05) is 41.9 Å². The summed E-state index contributed by atoms with van der Waals surface area (Å²) < 4.78 is 0. The number of amides is 1. The molecule has 26 heavy (non-hydrogen) atoms. The highest BCUT2D eigenvalue weighted by Gasteiger charge is 2.27. The maximum Gasteiger partial charge on any atom is 0.224 e. The number of halogens is 2. The third-order valence-electron chi connectivity index (χ3n) is 4.93. The standard InChI is InChI=1S/C21H25ClN2O.ClH/c1-17(25)24(20-9-7-19(22)8-10-20)21-12-15-23(16-13-21)14-11-18-5-3-2-4-6-18;/h2-10,21H,11-16H2,1H3;1H. The van der Waals surface area contributed by atoms with Gasteiger partial charge in [0.25, 0.3) is 0 Å². The Balaban J connectivity index is 0.00000243. The smallest absolute Gasteiger partial charge is 0.224 e. The summed E-state index contributed by atoms with van der Waals surface area (Å²) >= 11 is 5.98. The Morgan fingerprint density at radius 2 is 1.69 bits per heavy atom. The molecule has 0 saturated carbocycles. The summed E-state index contributed by atoms with van der Waals surface area (Å²) in [5.74, 6) is 0.102. The van der Waals surface area contributed by atoms with Crippen LogP contribution >= 0.6 is 24.0 Å². The number of carbonyl (C=O) groups excluding carboxylic acids is 1. The van der Waals surface area contributed by atoms with Crippen LogP contribution in [0.15, 0.2) is 54.6 Å². The summed E-state index contributed by atoms with van der Waals surface area (Å²) in [6.45, 7) is 4.80. The maximum absolute atomic E-state index is 12.2. The highest BCUT2D eigenvalue weighted by molar-refractivity contribution is 6.30. The first-order valence-electron chi connectivity index (χ1n) is 8.95. The van der Waals surface area contributed by atoms with Crippen LogP contribution in [0.1, 0.15) is 25.3 Å². The molecule has 0 atom stereocenters. The second kappa shape index (κ2) is 9.96. The molecule has 1 aliphatic heterocycles. The van der Waals surface area contributed by atoms with E-state index in [0.717, 1.165) is 44.6 Å².